The molecule has 1 saturated carbocycles. The van der Waals surface area contributed by atoms with E-state index < -0.39 is 0 Å². The first-order valence-corrected chi connectivity index (χ1v) is 10.3. The van der Waals surface area contributed by atoms with Crippen LogP contribution < -0.4 is 9.47 Å². The third-order valence-electron chi connectivity index (χ3n) is 5.55. The molecule has 0 spiro atoms. The lowest BCUT2D eigenvalue weighted by molar-refractivity contribution is 0.269. The van der Waals surface area contributed by atoms with E-state index in [0.717, 1.165) is 40.0 Å². The van der Waals surface area contributed by atoms with Gasteiger partial charge in [0.1, 0.15) is 5.75 Å². The van der Waals surface area contributed by atoms with Crippen molar-refractivity contribution in [3.8, 4) is 22.8 Å². The van der Waals surface area contributed by atoms with Gasteiger partial charge < -0.3 is 14.6 Å². The van der Waals surface area contributed by atoms with Gasteiger partial charge in [0.25, 0.3) is 0 Å². The lowest BCUT2D eigenvalue weighted by atomic mass is 10.1. The van der Waals surface area contributed by atoms with E-state index in [1.807, 2.05) is 36.5 Å². The largest absolute Gasteiger partial charge is 0.495 e. The van der Waals surface area contributed by atoms with E-state index in [1.54, 1.807) is 30.4 Å². The predicted molar refractivity (Wildman–Crippen MR) is 115 cm³/mol. The molecule has 0 bridgehead atoms. The number of ether oxygens (including phenoxy) is 2. The molecule has 1 aliphatic rings. The van der Waals surface area contributed by atoms with Gasteiger partial charge >= 0.3 is 0 Å². The van der Waals surface area contributed by atoms with E-state index >= 15 is 0 Å². The Kier molecular flexibility index (Phi) is 5.21. The van der Waals surface area contributed by atoms with Crippen molar-refractivity contribution in [2.45, 2.75) is 18.9 Å². The molecule has 0 radical (unpaired) electrons. The quantitative estimate of drug-likeness (QED) is 0.471. The Morgan fingerprint density at radius 2 is 2.10 bits per heavy atom. The van der Waals surface area contributed by atoms with Crippen LogP contribution in [0.15, 0.2) is 55.1 Å². The van der Waals surface area contributed by atoms with Crippen molar-refractivity contribution in [2.24, 2.45) is 5.92 Å². The van der Waals surface area contributed by atoms with E-state index in [2.05, 4.69) is 15.1 Å². The van der Waals surface area contributed by atoms with E-state index in [-0.39, 0.29) is 6.61 Å². The van der Waals surface area contributed by atoms with Gasteiger partial charge in [-0.05, 0) is 36.8 Å². The van der Waals surface area contributed by atoms with Crippen molar-refractivity contribution < 1.29 is 14.6 Å². The molecule has 0 amide bonds. The van der Waals surface area contributed by atoms with Crippen molar-refractivity contribution in [1.82, 2.24) is 24.7 Å². The number of aromatic nitrogens is 5. The van der Waals surface area contributed by atoms with Gasteiger partial charge in [-0.2, -0.15) is 5.10 Å². The van der Waals surface area contributed by atoms with Gasteiger partial charge in [0.2, 0.25) is 5.88 Å². The minimum atomic E-state index is 0.0322. The number of nitrogens with zero attached hydrogens (tertiary/aromatic N) is 5. The molecule has 4 aromatic rings. The first kappa shape index (κ1) is 19.4. The van der Waals surface area contributed by atoms with Crippen LogP contribution >= 0.6 is 0 Å². The predicted octanol–water partition coefficient (Wildman–Crippen LogP) is 3.07. The van der Waals surface area contributed by atoms with Crippen molar-refractivity contribution in [3.05, 3.63) is 60.8 Å². The van der Waals surface area contributed by atoms with Gasteiger partial charge in [-0.3, -0.25) is 14.6 Å². The number of pyridine rings is 3. The smallest absolute Gasteiger partial charge is 0.222 e. The molecule has 8 heteroatoms. The summed E-state index contributed by atoms with van der Waals surface area (Å²) in [6.45, 7) is 1.04. The molecule has 0 saturated heterocycles. The number of methoxy groups -OCH3 is 1. The fourth-order valence-electron chi connectivity index (χ4n) is 3.74. The summed E-state index contributed by atoms with van der Waals surface area (Å²) in [5.74, 6) is 2.12. The Morgan fingerprint density at radius 3 is 2.90 bits per heavy atom. The van der Waals surface area contributed by atoms with E-state index in [1.165, 1.54) is 0 Å². The molecule has 0 unspecified atom stereocenters. The van der Waals surface area contributed by atoms with Gasteiger partial charge in [-0.15, -0.1) is 0 Å². The Labute approximate surface area is 179 Å². The fourth-order valence-corrected chi connectivity index (χ4v) is 3.74. The summed E-state index contributed by atoms with van der Waals surface area (Å²) in [4.78, 5) is 13.7. The van der Waals surface area contributed by atoms with Crippen LogP contribution in [0.25, 0.3) is 22.2 Å². The normalized spacial score (nSPS) is 17.6. The second kappa shape index (κ2) is 8.31. The maximum atomic E-state index is 9.18. The minimum Gasteiger partial charge on any atom is -0.495 e. The van der Waals surface area contributed by atoms with Crippen molar-refractivity contribution in [2.75, 3.05) is 20.3 Å². The fraction of sp³-hybridized carbons (Fsp3) is 0.304. The topological polar surface area (TPSA) is 95.2 Å². The van der Waals surface area contributed by atoms with Crippen molar-refractivity contribution in [3.63, 3.8) is 0 Å². The number of rotatable bonds is 8. The maximum Gasteiger partial charge on any atom is 0.222 e. The van der Waals surface area contributed by atoms with Crippen molar-refractivity contribution in [1.29, 1.82) is 0 Å². The second-order valence-corrected chi connectivity index (χ2v) is 7.63. The summed E-state index contributed by atoms with van der Waals surface area (Å²) < 4.78 is 13.1. The number of aliphatic hydroxyl groups excluding tert-OH is 1. The van der Waals surface area contributed by atoms with E-state index in [9.17, 15) is 5.11 Å². The summed E-state index contributed by atoms with van der Waals surface area (Å²) in [6.07, 6.45) is 8.19. The van der Waals surface area contributed by atoms with Crippen LogP contribution in [0.5, 0.6) is 11.6 Å². The molecule has 5 rings (SSSR count). The molecule has 4 aromatic heterocycles. The molecule has 1 aliphatic carbocycles. The third-order valence-corrected chi connectivity index (χ3v) is 5.55. The van der Waals surface area contributed by atoms with Crippen LogP contribution in [0.2, 0.25) is 0 Å². The molecular formula is C23H23N5O3. The zero-order chi connectivity index (χ0) is 21.2. The van der Waals surface area contributed by atoms with Crippen LogP contribution in [-0.2, 0) is 6.54 Å². The highest BCUT2D eigenvalue weighted by Gasteiger charge is 2.40. The third kappa shape index (κ3) is 4.06. The lowest BCUT2D eigenvalue weighted by Gasteiger charge is -2.11. The molecule has 0 aromatic carbocycles. The number of hydrogen-bond donors (Lipinski definition) is 1. The number of aliphatic hydroxyl groups is 1. The van der Waals surface area contributed by atoms with Crippen LogP contribution in [0.3, 0.4) is 0 Å². The van der Waals surface area contributed by atoms with Gasteiger partial charge in [-0.25, -0.2) is 4.98 Å². The molecule has 8 nitrogen and oxygen atoms in total. The zero-order valence-electron chi connectivity index (χ0n) is 17.2. The van der Waals surface area contributed by atoms with E-state index in [0.29, 0.717) is 30.9 Å². The Hall–Kier alpha value is -3.52. The summed E-state index contributed by atoms with van der Waals surface area (Å²) in [5, 5.41) is 13.5. The lowest BCUT2D eigenvalue weighted by Crippen LogP contribution is -2.05. The summed E-state index contributed by atoms with van der Waals surface area (Å²) in [6, 6.07) is 9.73. The number of fused-ring (bicyclic) bond motifs is 1. The highest BCUT2D eigenvalue weighted by molar-refractivity contribution is 5.83. The second-order valence-electron chi connectivity index (χ2n) is 7.63. The molecule has 1 N–H and O–H groups in total. The molecule has 158 valence electrons. The molecule has 31 heavy (non-hydrogen) atoms. The SMILES string of the molecule is COc1ccc([C@H]2C[C@@H]2COc2nc3cccnc3cc2-c2cnn(CCO)c2)nc1. The first-order valence-electron chi connectivity index (χ1n) is 10.3. The van der Waals surface area contributed by atoms with E-state index in [4.69, 9.17) is 14.5 Å². The van der Waals surface area contributed by atoms with Gasteiger partial charge in [0.05, 0.1) is 50.3 Å². The standard InChI is InChI=1S/C23H23N5O3/c1-30-17-4-5-20(25-12-17)18-9-15(18)14-31-23-19(16-11-26-28(13-16)7-8-29)10-22-21(27-23)3-2-6-24-22/h2-6,10-13,15,18,29H,7-9,14H2,1H3/t15-,18+/m1/s1. The Morgan fingerprint density at radius 1 is 1.16 bits per heavy atom. The molecule has 4 heterocycles. The Bertz CT molecular complexity index is 1190. The minimum absolute atomic E-state index is 0.0322. The van der Waals surface area contributed by atoms with Gasteiger partial charge in [-0.1, -0.05) is 0 Å². The van der Waals surface area contributed by atoms with Crippen LogP contribution in [-0.4, -0.2) is 50.2 Å². The van der Waals surface area contributed by atoms with Crippen molar-refractivity contribution >= 4 is 11.0 Å². The summed E-state index contributed by atoms with van der Waals surface area (Å²) in [5.41, 5.74) is 4.37. The van der Waals surface area contributed by atoms with Gasteiger partial charge in [0.15, 0.2) is 0 Å². The molecular weight excluding hydrogens is 394 g/mol. The monoisotopic (exact) mass is 417 g/mol. The zero-order valence-corrected chi connectivity index (χ0v) is 17.2. The molecule has 1 fully saturated rings. The summed E-state index contributed by atoms with van der Waals surface area (Å²) in [7, 11) is 1.64. The maximum absolute atomic E-state index is 9.18. The average Bonchev–Trinajstić information content (AvgIpc) is 3.45. The summed E-state index contributed by atoms with van der Waals surface area (Å²) >= 11 is 0. The number of hydrogen-bond acceptors (Lipinski definition) is 7. The van der Waals surface area contributed by atoms with Crippen LogP contribution in [0, 0.1) is 5.92 Å². The average molecular weight is 417 g/mol. The first-order chi connectivity index (χ1) is 15.2. The Balaban J connectivity index is 1.37. The molecule has 0 aliphatic heterocycles. The highest BCUT2D eigenvalue weighted by atomic mass is 16.5. The van der Waals surface area contributed by atoms with Gasteiger partial charge in [0, 0.05) is 41.1 Å². The van der Waals surface area contributed by atoms with Crippen LogP contribution in [0.1, 0.15) is 18.0 Å². The highest BCUT2D eigenvalue weighted by Crippen LogP contribution is 2.47. The van der Waals surface area contributed by atoms with Crippen LogP contribution in [0.4, 0.5) is 0 Å². The molecule has 2 atom stereocenters.